The highest BCUT2D eigenvalue weighted by molar-refractivity contribution is 7.14. The minimum Gasteiger partial charge on any atom is -0.408 e. The molecule has 2 aromatic heterocycles. The van der Waals surface area contributed by atoms with E-state index in [1.165, 1.54) is 28.0 Å². The molecule has 0 saturated carbocycles. The molecule has 0 aliphatic rings. The Balaban J connectivity index is 1.42. The minimum atomic E-state index is -0.489. The van der Waals surface area contributed by atoms with Crippen LogP contribution in [0.3, 0.4) is 0 Å². The molecule has 6 nitrogen and oxygen atoms in total. The van der Waals surface area contributed by atoms with Gasteiger partial charge in [-0.05, 0) is 36.4 Å². The van der Waals surface area contributed by atoms with Gasteiger partial charge in [-0.2, -0.15) is 0 Å². The third-order valence-corrected chi connectivity index (χ3v) is 4.78. The van der Waals surface area contributed by atoms with Crippen LogP contribution in [0, 0.1) is 5.82 Å². The lowest BCUT2D eigenvalue weighted by Gasteiger charge is -2.03. The molecule has 2 aromatic carbocycles. The van der Waals surface area contributed by atoms with Crippen LogP contribution in [0.4, 0.5) is 9.52 Å². The lowest BCUT2D eigenvalue weighted by molar-refractivity contribution is -0.116. The van der Waals surface area contributed by atoms with Crippen molar-refractivity contribution in [1.82, 2.24) is 9.55 Å². The predicted octanol–water partition coefficient (Wildman–Crippen LogP) is 3.89. The summed E-state index contributed by atoms with van der Waals surface area (Å²) in [6.45, 7) is 0.206. The van der Waals surface area contributed by atoms with Gasteiger partial charge in [0.1, 0.15) is 5.82 Å². The number of benzene rings is 2. The maximum Gasteiger partial charge on any atom is 0.419 e. The smallest absolute Gasteiger partial charge is 0.408 e. The lowest BCUT2D eigenvalue weighted by Crippen LogP contribution is -2.19. The highest BCUT2D eigenvalue weighted by atomic mass is 32.1. The monoisotopic (exact) mass is 383 g/mol. The molecule has 0 bridgehead atoms. The Kier molecular flexibility index (Phi) is 4.55. The number of para-hydroxylation sites is 2. The molecule has 4 aromatic rings. The van der Waals surface area contributed by atoms with Gasteiger partial charge in [0, 0.05) is 23.9 Å². The third kappa shape index (κ3) is 3.65. The van der Waals surface area contributed by atoms with E-state index in [4.69, 9.17) is 4.42 Å². The van der Waals surface area contributed by atoms with Crippen LogP contribution in [-0.2, 0) is 11.3 Å². The zero-order valence-corrected chi connectivity index (χ0v) is 14.8. The molecule has 1 N–H and O–H groups in total. The van der Waals surface area contributed by atoms with E-state index < -0.39 is 5.76 Å². The Labute approximate surface area is 156 Å². The molecule has 4 rings (SSSR count). The summed E-state index contributed by atoms with van der Waals surface area (Å²) in [5.74, 6) is -1.06. The Morgan fingerprint density at radius 1 is 1.19 bits per heavy atom. The number of halogens is 1. The number of carbonyl (C=O) groups excluding carboxylic acids is 1. The molecule has 2 heterocycles. The van der Waals surface area contributed by atoms with Crippen LogP contribution < -0.4 is 11.1 Å². The Morgan fingerprint density at radius 3 is 2.78 bits per heavy atom. The highest BCUT2D eigenvalue weighted by Gasteiger charge is 2.12. The van der Waals surface area contributed by atoms with Crippen molar-refractivity contribution >= 4 is 33.5 Å². The van der Waals surface area contributed by atoms with E-state index in [9.17, 15) is 14.0 Å². The molecule has 136 valence electrons. The van der Waals surface area contributed by atoms with Gasteiger partial charge in [0.25, 0.3) is 0 Å². The van der Waals surface area contributed by atoms with Crippen molar-refractivity contribution in [3.05, 3.63) is 70.3 Å². The second kappa shape index (κ2) is 7.16. The van der Waals surface area contributed by atoms with E-state index in [0.29, 0.717) is 21.9 Å². The number of oxazole rings is 1. The van der Waals surface area contributed by atoms with Crippen LogP contribution in [0.1, 0.15) is 6.42 Å². The van der Waals surface area contributed by atoms with E-state index in [1.807, 2.05) is 0 Å². The third-order valence-electron chi connectivity index (χ3n) is 4.03. The molecular formula is C19H14FN3O3S. The van der Waals surface area contributed by atoms with E-state index in [0.717, 1.165) is 5.56 Å². The normalized spacial score (nSPS) is 11.0. The first kappa shape index (κ1) is 17.2. The van der Waals surface area contributed by atoms with Crippen molar-refractivity contribution in [2.45, 2.75) is 13.0 Å². The number of anilines is 1. The van der Waals surface area contributed by atoms with Gasteiger partial charge >= 0.3 is 5.76 Å². The number of hydrogen-bond acceptors (Lipinski definition) is 5. The molecule has 8 heteroatoms. The topological polar surface area (TPSA) is 77.1 Å². The second-order valence-corrected chi connectivity index (χ2v) is 6.69. The van der Waals surface area contributed by atoms with Gasteiger partial charge in [0.05, 0.1) is 11.2 Å². The lowest BCUT2D eigenvalue weighted by atomic mass is 10.2. The first-order valence-corrected chi connectivity index (χ1v) is 9.08. The van der Waals surface area contributed by atoms with Crippen LogP contribution in [0.25, 0.3) is 22.4 Å². The zero-order valence-electron chi connectivity index (χ0n) is 14.0. The molecule has 0 unspecified atom stereocenters. The van der Waals surface area contributed by atoms with Gasteiger partial charge in [-0.1, -0.05) is 12.1 Å². The maximum absolute atomic E-state index is 13.0. The van der Waals surface area contributed by atoms with Crippen molar-refractivity contribution in [2.24, 2.45) is 0 Å². The molecular weight excluding hydrogens is 369 g/mol. The van der Waals surface area contributed by atoms with Gasteiger partial charge in [0.15, 0.2) is 10.7 Å². The number of aryl methyl sites for hydroxylation is 1. The summed E-state index contributed by atoms with van der Waals surface area (Å²) >= 11 is 1.28. The van der Waals surface area contributed by atoms with Crippen molar-refractivity contribution in [2.75, 3.05) is 5.32 Å². The number of carbonyl (C=O) groups is 1. The molecule has 0 aliphatic heterocycles. The second-order valence-electron chi connectivity index (χ2n) is 5.83. The van der Waals surface area contributed by atoms with Gasteiger partial charge in [-0.25, -0.2) is 14.2 Å². The SMILES string of the molecule is O=C(CCn1c(=O)oc2ccccc21)Nc1nc(-c2ccc(F)cc2)cs1. The summed E-state index contributed by atoms with van der Waals surface area (Å²) in [6, 6.07) is 13.1. The van der Waals surface area contributed by atoms with Gasteiger partial charge in [-0.15, -0.1) is 11.3 Å². The Bertz CT molecular complexity index is 1160. The fraction of sp³-hybridized carbons (Fsp3) is 0.105. The van der Waals surface area contributed by atoms with Crippen LogP contribution in [0.15, 0.2) is 63.1 Å². The summed E-state index contributed by atoms with van der Waals surface area (Å²) in [7, 11) is 0. The average Bonchev–Trinajstić information content (AvgIpc) is 3.24. The van der Waals surface area contributed by atoms with E-state index in [2.05, 4.69) is 10.3 Å². The summed E-state index contributed by atoms with van der Waals surface area (Å²) < 4.78 is 19.6. The molecule has 0 radical (unpaired) electrons. The van der Waals surface area contributed by atoms with Crippen molar-refractivity contribution < 1.29 is 13.6 Å². The number of fused-ring (bicyclic) bond motifs is 1. The van der Waals surface area contributed by atoms with Gasteiger partial charge < -0.3 is 9.73 Å². The molecule has 0 aliphatic carbocycles. The molecule has 0 atom stereocenters. The van der Waals surface area contributed by atoms with Gasteiger partial charge in [-0.3, -0.25) is 9.36 Å². The van der Waals surface area contributed by atoms with Crippen LogP contribution in [-0.4, -0.2) is 15.5 Å². The van der Waals surface area contributed by atoms with E-state index >= 15 is 0 Å². The summed E-state index contributed by atoms with van der Waals surface area (Å²) in [5.41, 5.74) is 2.58. The van der Waals surface area contributed by atoms with Crippen molar-refractivity contribution in [1.29, 1.82) is 0 Å². The first-order chi connectivity index (χ1) is 13.1. The fourth-order valence-electron chi connectivity index (χ4n) is 2.71. The summed E-state index contributed by atoms with van der Waals surface area (Å²) in [6.07, 6.45) is 0.106. The first-order valence-electron chi connectivity index (χ1n) is 8.20. The Hall–Kier alpha value is -3.26. The number of rotatable bonds is 5. The van der Waals surface area contributed by atoms with Crippen LogP contribution >= 0.6 is 11.3 Å². The number of nitrogens with zero attached hydrogens (tertiary/aromatic N) is 2. The highest BCUT2D eigenvalue weighted by Crippen LogP contribution is 2.25. The zero-order chi connectivity index (χ0) is 18.8. The molecule has 0 fully saturated rings. The summed E-state index contributed by atoms with van der Waals surface area (Å²) in [4.78, 5) is 28.5. The quantitative estimate of drug-likeness (QED) is 0.567. The fourth-order valence-corrected chi connectivity index (χ4v) is 3.44. The molecule has 0 spiro atoms. The average molecular weight is 383 g/mol. The number of thiazole rings is 1. The number of amides is 1. The van der Waals surface area contributed by atoms with Crippen molar-refractivity contribution in [3.8, 4) is 11.3 Å². The maximum atomic E-state index is 13.0. The van der Waals surface area contributed by atoms with Crippen LogP contribution in [0.5, 0.6) is 0 Å². The van der Waals surface area contributed by atoms with E-state index in [-0.39, 0.29) is 24.7 Å². The van der Waals surface area contributed by atoms with Crippen molar-refractivity contribution in [3.63, 3.8) is 0 Å². The minimum absolute atomic E-state index is 0.106. The standard InChI is InChI=1S/C19H14FN3O3S/c20-13-7-5-12(6-8-13)14-11-27-18(21-14)22-17(24)9-10-23-15-3-1-2-4-16(15)26-19(23)25/h1-8,11H,9-10H2,(H,21,22,24). The molecule has 27 heavy (non-hydrogen) atoms. The molecule has 0 saturated heterocycles. The molecule has 1 amide bonds. The Morgan fingerprint density at radius 2 is 1.96 bits per heavy atom. The number of aromatic nitrogens is 2. The van der Waals surface area contributed by atoms with Crippen LogP contribution in [0.2, 0.25) is 0 Å². The number of nitrogens with one attached hydrogen (secondary N) is 1. The largest absolute Gasteiger partial charge is 0.419 e. The van der Waals surface area contributed by atoms with E-state index in [1.54, 1.807) is 41.8 Å². The summed E-state index contributed by atoms with van der Waals surface area (Å²) in [5, 5.41) is 4.96. The van der Waals surface area contributed by atoms with Gasteiger partial charge in [0.2, 0.25) is 5.91 Å². The number of hydrogen-bond donors (Lipinski definition) is 1. The predicted molar refractivity (Wildman–Crippen MR) is 101 cm³/mol.